The van der Waals surface area contributed by atoms with Crippen molar-refractivity contribution in [3.63, 3.8) is 0 Å². The van der Waals surface area contributed by atoms with Gasteiger partial charge in [0.2, 0.25) is 5.91 Å². The molecule has 18 heavy (non-hydrogen) atoms. The van der Waals surface area contributed by atoms with Crippen molar-refractivity contribution < 1.29 is 9.90 Å². The SMILES string of the molecule is CC1CC1CNC(=O)[C@H](N)Cc1ccc(O)cc1. The Morgan fingerprint density at radius 1 is 1.50 bits per heavy atom. The molecule has 0 bridgehead atoms. The summed E-state index contributed by atoms with van der Waals surface area (Å²) in [5.74, 6) is 1.50. The first-order valence-corrected chi connectivity index (χ1v) is 6.37. The number of carbonyl (C=O) groups is 1. The third-order valence-electron chi connectivity index (χ3n) is 3.54. The predicted octanol–water partition coefficient (Wildman–Crippen LogP) is 1.03. The molecular formula is C14H20N2O2. The van der Waals surface area contributed by atoms with E-state index in [1.54, 1.807) is 24.3 Å². The average Bonchev–Trinajstić information content (AvgIpc) is 3.05. The summed E-state index contributed by atoms with van der Waals surface area (Å²) in [6.45, 7) is 2.93. The lowest BCUT2D eigenvalue weighted by atomic mass is 10.1. The van der Waals surface area contributed by atoms with Crippen LogP contribution in [0, 0.1) is 11.8 Å². The number of benzene rings is 1. The summed E-state index contributed by atoms with van der Waals surface area (Å²) < 4.78 is 0. The van der Waals surface area contributed by atoms with E-state index in [2.05, 4.69) is 12.2 Å². The number of hydrogen-bond donors (Lipinski definition) is 3. The molecule has 1 aliphatic rings. The van der Waals surface area contributed by atoms with Crippen LogP contribution in [-0.4, -0.2) is 23.6 Å². The van der Waals surface area contributed by atoms with Crippen molar-refractivity contribution in [1.82, 2.24) is 5.32 Å². The maximum atomic E-state index is 11.8. The van der Waals surface area contributed by atoms with Crippen molar-refractivity contribution in [2.24, 2.45) is 17.6 Å². The molecule has 0 aliphatic heterocycles. The first-order chi connectivity index (χ1) is 8.56. The van der Waals surface area contributed by atoms with Gasteiger partial charge in [0, 0.05) is 6.54 Å². The van der Waals surface area contributed by atoms with E-state index in [1.807, 2.05) is 0 Å². The van der Waals surface area contributed by atoms with Gasteiger partial charge in [-0.15, -0.1) is 0 Å². The van der Waals surface area contributed by atoms with E-state index in [9.17, 15) is 4.79 Å². The van der Waals surface area contributed by atoms with Crippen LogP contribution in [0.5, 0.6) is 5.75 Å². The first kappa shape index (κ1) is 12.9. The fourth-order valence-electron chi connectivity index (χ4n) is 2.02. The van der Waals surface area contributed by atoms with Gasteiger partial charge in [0.25, 0.3) is 0 Å². The number of rotatable bonds is 5. The summed E-state index contributed by atoms with van der Waals surface area (Å²) in [7, 11) is 0. The standard InChI is InChI=1S/C14H20N2O2/c1-9-6-11(9)8-16-14(18)13(15)7-10-2-4-12(17)5-3-10/h2-5,9,11,13,17H,6-8,15H2,1H3,(H,16,18)/t9?,11?,13-/m1/s1. The lowest BCUT2D eigenvalue weighted by Crippen LogP contribution is -2.42. The van der Waals surface area contributed by atoms with Gasteiger partial charge in [-0.3, -0.25) is 4.79 Å². The van der Waals surface area contributed by atoms with Gasteiger partial charge < -0.3 is 16.2 Å². The molecule has 0 spiro atoms. The van der Waals surface area contributed by atoms with Gasteiger partial charge in [0.15, 0.2) is 0 Å². The molecule has 0 aromatic heterocycles. The van der Waals surface area contributed by atoms with Gasteiger partial charge in [-0.05, 0) is 42.4 Å². The maximum Gasteiger partial charge on any atom is 0.237 e. The quantitative estimate of drug-likeness (QED) is 0.728. The molecule has 1 saturated carbocycles. The third-order valence-corrected chi connectivity index (χ3v) is 3.54. The first-order valence-electron chi connectivity index (χ1n) is 6.37. The van der Waals surface area contributed by atoms with Crippen LogP contribution in [0.15, 0.2) is 24.3 Å². The Balaban J connectivity index is 1.77. The van der Waals surface area contributed by atoms with Crippen LogP contribution in [-0.2, 0) is 11.2 Å². The van der Waals surface area contributed by atoms with Crippen LogP contribution in [0.25, 0.3) is 0 Å². The molecule has 0 radical (unpaired) electrons. The van der Waals surface area contributed by atoms with E-state index < -0.39 is 6.04 Å². The molecule has 4 nitrogen and oxygen atoms in total. The van der Waals surface area contributed by atoms with Crippen molar-refractivity contribution in [2.75, 3.05) is 6.54 Å². The molecule has 1 fully saturated rings. The zero-order chi connectivity index (χ0) is 13.1. The zero-order valence-corrected chi connectivity index (χ0v) is 10.6. The van der Waals surface area contributed by atoms with E-state index in [1.165, 1.54) is 6.42 Å². The second-order valence-electron chi connectivity index (χ2n) is 5.20. The van der Waals surface area contributed by atoms with Crippen LogP contribution in [0.4, 0.5) is 0 Å². The highest BCUT2D eigenvalue weighted by molar-refractivity contribution is 5.81. The summed E-state index contributed by atoms with van der Waals surface area (Å²) in [5, 5.41) is 12.1. The molecular weight excluding hydrogens is 228 g/mol. The molecule has 0 saturated heterocycles. The number of phenols is 1. The molecule has 4 N–H and O–H groups in total. The van der Waals surface area contributed by atoms with Gasteiger partial charge in [0.1, 0.15) is 5.75 Å². The third kappa shape index (κ3) is 3.47. The van der Waals surface area contributed by atoms with Crippen LogP contribution in [0.1, 0.15) is 18.9 Å². The Hall–Kier alpha value is -1.55. The normalized spacial score (nSPS) is 23.4. The van der Waals surface area contributed by atoms with Crippen molar-refractivity contribution in [2.45, 2.75) is 25.8 Å². The van der Waals surface area contributed by atoms with Crippen molar-refractivity contribution in [3.05, 3.63) is 29.8 Å². The Labute approximate surface area is 107 Å². The number of aromatic hydroxyl groups is 1. The molecule has 98 valence electrons. The number of amides is 1. The molecule has 3 atom stereocenters. The molecule has 2 rings (SSSR count). The van der Waals surface area contributed by atoms with Crippen LogP contribution in [0.2, 0.25) is 0 Å². The highest BCUT2D eigenvalue weighted by Crippen LogP contribution is 2.36. The topological polar surface area (TPSA) is 75.4 Å². The highest BCUT2D eigenvalue weighted by atomic mass is 16.3. The second kappa shape index (κ2) is 5.40. The second-order valence-corrected chi connectivity index (χ2v) is 5.20. The van der Waals surface area contributed by atoms with Gasteiger partial charge in [0.05, 0.1) is 6.04 Å². The Morgan fingerprint density at radius 2 is 2.11 bits per heavy atom. The largest absolute Gasteiger partial charge is 0.508 e. The Morgan fingerprint density at radius 3 is 2.67 bits per heavy atom. The number of nitrogens with one attached hydrogen (secondary N) is 1. The molecule has 2 unspecified atom stereocenters. The predicted molar refractivity (Wildman–Crippen MR) is 70.1 cm³/mol. The van der Waals surface area contributed by atoms with E-state index in [0.29, 0.717) is 12.3 Å². The summed E-state index contributed by atoms with van der Waals surface area (Å²) >= 11 is 0. The molecule has 1 aliphatic carbocycles. The highest BCUT2D eigenvalue weighted by Gasteiger charge is 2.32. The zero-order valence-electron chi connectivity index (χ0n) is 10.6. The molecule has 0 heterocycles. The average molecular weight is 248 g/mol. The van der Waals surface area contributed by atoms with Crippen LogP contribution < -0.4 is 11.1 Å². The maximum absolute atomic E-state index is 11.8. The van der Waals surface area contributed by atoms with E-state index in [4.69, 9.17) is 10.8 Å². The van der Waals surface area contributed by atoms with Crippen molar-refractivity contribution >= 4 is 5.91 Å². The van der Waals surface area contributed by atoms with Gasteiger partial charge in [-0.2, -0.15) is 0 Å². The monoisotopic (exact) mass is 248 g/mol. The Bertz CT molecular complexity index is 416. The minimum absolute atomic E-state index is 0.0952. The Kier molecular flexibility index (Phi) is 3.87. The van der Waals surface area contributed by atoms with Gasteiger partial charge in [-0.1, -0.05) is 19.1 Å². The summed E-state index contributed by atoms with van der Waals surface area (Å²) in [6, 6.07) is 6.25. The number of carbonyl (C=O) groups excluding carboxylic acids is 1. The molecule has 1 aromatic carbocycles. The molecule has 4 heteroatoms. The molecule has 1 aromatic rings. The number of hydrogen-bond acceptors (Lipinski definition) is 3. The molecule has 1 amide bonds. The van der Waals surface area contributed by atoms with E-state index in [0.717, 1.165) is 18.0 Å². The summed E-state index contributed by atoms with van der Waals surface area (Å²) in [4.78, 5) is 11.8. The van der Waals surface area contributed by atoms with Crippen LogP contribution >= 0.6 is 0 Å². The number of nitrogens with two attached hydrogens (primary N) is 1. The fraction of sp³-hybridized carbons (Fsp3) is 0.500. The fourth-order valence-corrected chi connectivity index (χ4v) is 2.02. The smallest absolute Gasteiger partial charge is 0.237 e. The van der Waals surface area contributed by atoms with E-state index >= 15 is 0 Å². The van der Waals surface area contributed by atoms with Crippen molar-refractivity contribution in [3.8, 4) is 5.75 Å². The summed E-state index contributed by atoms with van der Waals surface area (Å²) in [6.07, 6.45) is 1.69. The lowest BCUT2D eigenvalue weighted by molar-refractivity contribution is -0.122. The lowest BCUT2D eigenvalue weighted by Gasteiger charge is -2.12. The van der Waals surface area contributed by atoms with E-state index in [-0.39, 0.29) is 11.7 Å². The minimum Gasteiger partial charge on any atom is -0.508 e. The minimum atomic E-state index is -0.524. The van der Waals surface area contributed by atoms with Crippen LogP contribution in [0.3, 0.4) is 0 Å². The number of phenolic OH excluding ortho intramolecular Hbond substituents is 1. The van der Waals surface area contributed by atoms with Crippen molar-refractivity contribution in [1.29, 1.82) is 0 Å². The summed E-state index contributed by atoms with van der Waals surface area (Å²) in [5.41, 5.74) is 6.81. The van der Waals surface area contributed by atoms with Gasteiger partial charge >= 0.3 is 0 Å². The van der Waals surface area contributed by atoms with Gasteiger partial charge in [-0.25, -0.2) is 0 Å².